The van der Waals surface area contributed by atoms with Crippen molar-refractivity contribution in [2.45, 2.75) is 31.9 Å². The number of aromatic amines is 1. The molecule has 1 heterocycles. The lowest BCUT2D eigenvalue weighted by atomic mass is 9.74. The van der Waals surface area contributed by atoms with Crippen LogP contribution < -0.4 is 10.1 Å². The molecule has 5 nitrogen and oxygen atoms in total. The SMILES string of the molecule is COc1ccc(F)cc1[C@@H](NC(=O)c1cc[nH]c1C)C1CC(O)C1. The van der Waals surface area contributed by atoms with E-state index in [9.17, 15) is 14.3 Å². The zero-order chi connectivity index (χ0) is 17.3. The van der Waals surface area contributed by atoms with Crippen molar-refractivity contribution < 1.29 is 19.0 Å². The molecule has 1 atom stereocenters. The van der Waals surface area contributed by atoms with Crippen LogP contribution in [-0.2, 0) is 0 Å². The minimum atomic E-state index is -0.416. The number of hydrogen-bond acceptors (Lipinski definition) is 3. The average Bonchev–Trinajstić information content (AvgIpc) is 2.96. The van der Waals surface area contributed by atoms with E-state index in [0.29, 0.717) is 29.7 Å². The lowest BCUT2D eigenvalue weighted by molar-refractivity contribution is 0.0231. The molecule has 2 aromatic rings. The van der Waals surface area contributed by atoms with E-state index in [-0.39, 0.29) is 23.7 Å². The maximum atomic E-state index is 13.8. The number of H-pyrrole nitrogens is 1. The second-order valence-corrected chi connectivity index (χ2v) is 6.24. The molecule has 3 rings (SSSR count). The molecule has 6 heteroatoms. The summed E-state index contributed by atoms with van der Waals surface area (Å²) in [6.07, 6.45) is 2.46. The van der Waals surface area contributed by atoms with Crippen LogP contribution in [0.1, 0.15) is 40.5 Å². The van der Waals surface area contributed by atoms with Gasteiger partial charge in [-0.05, 0) is 49.9 Å². The topological polar surface area (TPSA) is 74.3 Å². The molecular weight excluding hydrogens is 311 g/mol. The lowest BCUT2D eigenvalue weighted by Gasteiger charge is -2.38. The monoisotopic (exact) mass is 332 g/mol. The summed E-state index contributed by atoms with van der Waals surface area (Å²) < 4.78 is 19.1. The van der Waals surface area contributed by atoms with Crippen LogP contribution in [0.25, 0.3) is 0 Å². The van der Waals surface area contributed by atoms with Crippen LogP contribution in [0.5, 0.6) is 5.75 Å². The van der Waals surface area contributed by atoms with E-state index >= 15 is 0 Å². The van der Waals surface area contributed by atoms with Gasteiger partial charge in [-0.15, -0.1) is 0 Å². The van der Waals surface area contributed by atoms with E-state index in [1.807, 2.05) is 6.92 Å². The van der Waals surface area contributed by atoms with Gasteiger partial charge in [0.2, 0.25) is 0 Å². The average molecular weight is 332 g/mol. The Labute approximate surface area is 139 Å². The Balaban J connectivity index is 1.91. The van der Waals surface area contributed by atoms with Crippen LogP contribution in [0.2, 0.25) is 0 Å². The fraction of sp³-hybridized carbons (Fsp3) is 0.389. The molecule has 0 aliphatic heterocycles. The number of methoxy groups -OCH3 is 1. The molecule has 1 aromatic carbocycles. The number of aliphatic hydroxyl groups excluding tert-OH is 1. The third-order valence-corrected chi connectivity index (χ3v) is 4.63. The maximum Gasteiger partial charge on any atom is 0.253 e. The van der Waals surface area contributed by atoms with Crippen molar-refractivity contribution in [3.63, 3.8) is 0 Å². The van der Waals surface area contributed by atoms with Crippen molar-refractivity contribution in [2.75, 3.05) is 7.11 Å². The molecule has 0 radical (unpaired) electrons. The summed E-state index contributed by atoms with van der Waals surface area (Å²) in [5, 5.41) is 12.6. The molecule has 24 heavy (non-hydrogen) atoms. The molecule has 3 N–H and O–H groups in total. The standard InChI is InChI=1S/C18H21FN2O3/c1-10-14(5-6-20-10)18(23)21-17(11-7-13(22)8-11)15-9-12(19)3-4-16(15)24-2/h3-6,9,11,13,17,20,22H,7-8H2,1-2H3,(H,21,23)/t11?,13?,17-/m0/s1. The van der Waals surface area contributed by atoms with Crippen molar-refractivity contribution >= 4 is 5.91 Å². The van der Waals surface area contributed by atoms with Gasteiger partial charge < -0.3 is 20.1 Å². The van der Waals surface area contributed by atoms with E-state index in [1.54, 1.807) is 18.3 Å². The molecular formula is C18H21FN2O3. The predicted molar refractivity (Wildman–Crippen MR) is 87.4 cm³/mol. The zero-order valence-electron chi connectivity index (χ0n) is 13.7. The van der Waals surface area contributed by atoms with E-state index < -0.39 is 6.04 Å². The van der Waals surface area contributed by atoms with E-state index in [0.717, 1.165) is 5.69 Å². The number of aliphatic hydroxyl groups is 1. The van der Waals surface area contributed by atoms with Gasteiger partial charge in [0.05, 0.1) is 24.8 Å². The summed E-state index contributed by atoms with van der Waals surface area (Å²) in [4.78, 5) is 15.6. The number of ether oxygens (including phenoxy) is 1. The third-order valence-electron chi connectivity index (χ3n) is 4.63. The smallest absolute Gasteiger partial charge is 0.253 e. The number of hydrogen-bond donors (Lipinski definition) is 3. The molecule has 1 amide bonds. The first-order chi connectivity index (χ1) is 11.5. The Kier molecular flexibility index (Phi) is 4.57. The largest absolute Gasteiger partial charge is 0.496 e. The summed E-state index contributed by atoms with van der Waals surface area (Å²) in [5.41, 5.74) is 1.91. The highest BCUT2D eigenvalue weighted by atomic mass is 19.1. The summed E-state index contributed by atoms with van der Waals surface area (Å²) >= 11 is 0. The fourth-order valence-corrected chi connectivity index (χ4v) is 3.22. The van der Waals surface area contributed by atoms with E-state index in [4.69, 9.17) is 4.74 Å². The molecule has 0 bridgehead atoms. The molecule has 1 aliphatic rings. The molecule has 1 fully saturated rings. The number of amides is 1. The summed E-state index contributed by atoms with van der Waals surface area (Å²) in [5.74, 6) is -0.0537. The minimum Gasteiger partial charge on any atom is -0.496 e. The lowest BCUT2D eigenvalue weighted by Crippen LogP contribution is -2.41. The van der Waals surface area contributed by atoms with Gasteiger partial charge >= 0.3 is 0 Å². The quantitative estimate of drug-likeness (QED) is 0.788. The van der Waals surface area contributed by atoms with Crippen molar-refractivity contribution in [3.8, 4) is 5.75 Å². The first-order valence-electron chi connectivity index (χ1n) is 7.96. The van der Waals surface area contributed by atoms with Crippen molar-refractivity contribution in [1.29, 1.82) is 0 Å². The molecule has 0 spiro atoms. The van der Waals surface area contributed by atoms with E-state index in [1.165, 1.54) is 19.2 Å². The van der Waals surface area contributed by atoms with E-state index in [2.05, 4.69) is 10.3 Å². The normalized spacial score (nSPS) is 21.0. The van der Waals surface area contributed by atoms with Gasteiger partial charge in [-0.1, -0.05) is 0 Å². The highest BCUT2D eigenvalue weighted by Gasteiger charge is 2.37. The Morgan fingerprint density at radius 2 is 2.17 bits per heavy atom. The number of aryl methyl sites for hydroxylation is 1. The van der Waals surface area contributed by atoms with Crippen LogP contribution in [-0.4, -0.2) is 29.2 Å². The summed E-state index contributed by atoms with van der Waals surface area (Å²) in [7, 11) is 1.52. The minimum absolute atomic E-state index is 0.0406. The Hall–Kier alpha value is -2.34. The van der Waals surface area contributed by atoms with Crippen LogP contribution in [0.15, 0.2) is 30.5 Å². The van der Waals surface area contributed by atoms with Gasteiger partial charge in [0.25, 0.3) is 5.91 Å². The van der Waals surface area contributed by atoms with Gasteiger partial charge in [-0.3, -0.25) is 4.79 Å². The van der Waals surface area contributed by atoms with Crippen LogP contribution in [0.4, 0.5) is 4.39 Å². The molecule has 1 aliphatic carbocycles. The Morgan fingerprint density at radius 1 is 1.42 bits per heavy atom. The Morgan fingerprint density at radius 3 is 2.75 bits per heavy atom. The Bertz CT molecular complexity index is 738. The zero-order valence-corrected chi connectivity index (χ0v) is 13.7. The molecule has 0 saturated heterocycles. The number of halogens is 1. The molecule has 0 unspecified atom stereocenters. The number of carbonyl (C=O) groups excluding carboxylic acids is 1. The maximum absolute atomic E-state index is 13.8. The molecule has 128 valence electrons. The summed E-state index contributed by atoms with van der Waals surface area (Å²) in [6.45, 7) is 1.82. The van der Waals surface area contributed by atoms with Crippen LogP contribution in [0, 0.1) is 18.7 Å². The van der Waals surface area contributed by atoms with Crippen molar-refractivity contribution in [1.82, 2.24) is 10.3 Å². The van der Waals surface area contributed by atoms with Crippen LogP contribution >= 0.6 is 0 Å². The second kappa shape index (κ2) is 6.65. The predicted octanol–water partition coefficient (Wildman–Crippen LogP) is 2.71. The van der Waals surface area contributed by atoms with Crippen molar-refractivity contribution in [3.05, 3.63) is 53.1 Å². The number of carbonyl (C=O) groups is 1. The number of benzene rings is 1. The molecule has 1 saturated carbocycles. The van der Waals surface area contributed by atoms with Gasteiger partial charge in [0.15, 0.2) is 0 Å². The fourth-order valence-electron chi connectivity index (χ4n) is 3.22. The molecule has 1 aromatic heterocycles. The van der Waals surface area contributed by atoms with Gasteiger partial charge in [0, 0.05) is 17.5 Å². The van der Waals surface area contributed by atoms with Gasteiger partial charge in [-0.2, -0.15) is 0 Å². The highest BCUT2D eigenvalue weighted by molar-refractivity contribution is 5.95. The first-order valence-corrected chi connectivity index (χ1v) is 7.96. The number of rotatable bonds is 5. The third kappa shape index (κ3) is 3.14. The number of aromatic nitrogens is 1. The first kappa shape index (κ1) is 16.5. The second-order valence-electron chi connectivity index (χ2n) is 6.24. The van der Waals surface area contributed by atoms with Gasteiger partial charge in [0.1, 0.15) is 11.6 Å². The van der Waals surface area contributed by atoms with Crippen molar-refractivity contribution in [2.24, 2.45) is 5.92 Å². The van der Waals surface area contributed by atoms with Crippen LogP contribution in [0.3, 0.4) is 0 Å². The summed E-state index contributed by atoms with van der Waals surface area (Å²) in [6, 6.07) is 5.56. The highest BCUT2D eigenvalue weighted by Crippen LogP contribution is 2.41. The van der Waals surface area contributed by atoms with Gasteiger partial charge in [-0.25, -0.2) is 4.39 Å². The number of nitrogens with one attached hydrogen (secondary N) is 2.